The van der Waals surface area contributed by atoms with Crippen molar-refractivity contribution in [3.63, 3.8) is 0 Å². The van der Waals surface area contributed by atoms with Crippen molar-refractivity contribution in [1.29, 1.82) is 0 Å². The first-order chi connectivity index (χ1) is 14.5. The van der Waals surface area contributed by atoms with Crippen LogP contribution in [0.1, 0.15) is 10.5 Å². The van der Waals surface area contributed by atoms with Gasteiger partial charge < -0.3 is 14.8 Å². The Labute approximate surface area is 174 Å². The SMILES string of the molecule is COc1ccc(-c2cn3c(C(=O)Nc4cc([N+](=O)[O-])ccc4OC)csc3n2)cc1. The summed E-state index contributed by atoms with van der Waals surface area (Å²) in [6.07, 6.45) is 1.77. The smallest absolute Gasteiger partial charge is 0.273 e. The van der Waals surface area contributed by atoms with Gasteiger partial charge in [0.2, 0.25) is 0 Å². The number of nitro benzene ring substituents is 1. The van der Waals surface area contributed by atoms with Crippen molar-refractivity contribution in [2.24, 2.45) is 0 Å². The molecule has 1 N–H and O–H groups in total. The molecular formula is C20H16N4O5S. The summed E-state index contributed by atoms with van der Waals surface area (Å²) in [6.45, 7) is 0. The van der Waals surface area contributed by atoms with Crippen LogP contribution in [0.2, 0.25) is 0 Å². The second-order valence-corrected chi connectivity index (χ2v) is 7.06. The summed E-state index contributed by atoms with van der Waals surface area (Å²) < 4.78 is 12.1. The summed E-state index contributed by atoms with van der Waals surface area (Å²) in [5.41, 5.74) is 2.03. The van der Waals surface area contributed by atoms with E-state index in [0.29, 0.717) is 22.1 Å². The average Bonchev–Trinajstić information content (AvgIpc) is 3.34. The lowest BCUT2D eigenvalue weighted by molar-refractivity contribution is -0.384. The molecule has 0 fully saturated rings. The predicted octanol–water partition coefficient (Wildman–Crippen LogP) is 4.24. The molecule has 0 spiro atoms. The molecule has 0 aliphatic rings. The van der Waals surface area contributed by atoms with Crippen LogP contribution in [0.4, 0.5) is 11.4 Å². The van der Waals surface area contributed by atoms with Gasteiger partial charge in [0, 0.05) is 29.3 Å². The van der Waals surface area contributed by atoms with Crippen molar-refractivity contribution in [1.82, 2.24) is 9.38 Å². The molecule has 0 atom stereocenters. The van der Waals surface area contributed by atoms with Gasteiger partial charge in [-0.3, -0.25) is 19.3 Å². The number of carbonyl (C=O) groups excluding carboxylic acids is 1. The fourth-order valence-electron chi connectivity index (χ4n) is 2.94. The fourth-order valence-corrected chi connectivity index (χ4v) is 3.79. The van der Waals surface area contributed by atoms with Crippen LogP contribution in [0.25, 0.3) is 16.2 Å². The van der Waals surface area contributed by atoms with E-state index in [4.69, 9.17) is 9.47 Å². The highest BCUT2D eigenvalue weighted by Gasteiger charge is 2.19. The molecule has 2 aromatic heterocycles. The van der Waals surface area contributed by atoms with Crippen molar-refractivity contribution < 1.29 is 19.2 Å². The van der Waals surface area contributed by atoms with Gasteiger partial charge in [0.15, 0.2) is 4.96 Å². The minimum atomic E-state index is -0.533. The normalized spacial score (nSPS) is 10.7. The molecule has 30 heavy (non-hydrogen) atoms. The van der Waals surface area contributed by atoms with E-state index in [1.807, 2.05) is 24.3 Å². The molecule has 4 rings (SSSR count). The molecule has 10 heteroatoms. The van der Waals surface area contributed by atoms with E-state index in [1.54, 1.807) is 23.1 Å². The van der Waals surface area contributed by atoms with Crippen molar-refractivity contribution in [3.05, 3.63) is 69.8 Å². The Morgan fingerprint density at radius 1 is 1.17 bits per heavy atom. The van der Waals surface area contributed by atoms with Crippen molar-refractivity contribution >= 4 is 33.6 Å². The first-order valence-electron chi connectivity index (χ1n) is 8.75. The Kier molecular flexibility index (Phi) is 5.07. The molecule has 4 aromatic rings. The van der Waals surface area contributed by atoms with E-state index < -0.39 is 10.8 Å². The lowest BCUT2D eigenvalue weighted by atomic mass is 10.2. The van der Waals surface area contributed by atoms with Crippen molar-refractivity contribution in [2.45, 2.75) is 0 Å². The van der Waals surface area contributed by atoms with Crippen LogP contribution in [0.3, 0.4) is 0 Å². The summed E-state index contributed by atoms with van der Waals surface area (Å²) in [5.74, 6) is 0.634. The standard InChI is InChI=1S/C20H16N4O5S/c1-28-14-6-3-12(4-7-14)16-10-23-17(11-30-20(23)22-16)19(25)21-15-9-13(24(26)27)5-8-18(15)29-2/h3-11H,1-2H3,(H,21,25). The summed E-state index contributed by atoms with van der Waals surface area (Å²) in [5, 5.41) is 15.4. The van der Waals surface area contributed by atoms with Gasteiger partial charge in [-0.05, 0) is 30.3 Å². The lowest BCUT2D eigenvalue weighted by Gasteiger charge is -2.09. The zero-order valence-electron chi connectivity index (χ0n) is 16.0. The van der Waals surface area contributed by atoms with Gasteiger partial charge in [0.25, 0.3) is 11.6 Å². The number of anilines is 1. The number of amides is 1. The van der Waals surface area contributed by atoms with Crippen LogP contribution in [0, 0.1) is 10.1 Å². The Hall–Kier alpha value is -3.92. The molecule has 0 saturated heterocycles. The fraction of sp³-hybridized carbons (Fsp3) is 0.100. The number of nitrogens with one attached hydrogen (secondary N) is 1. The second-order valence-electron chi connectivity index (χ2n) is 6.22. The minimum absolute atomic E-state index is 0.147. The number of rotatable bonds is 6. The van der Waals surface area contributed by atoms with Gasteiger partial charge in [0.1, 0.15) is 17.2 Å². The van der Waals surface area contributed by atoms with Crippen LogP contribution < -0.4 is 14.8 Å². The molecular weight excluding hydrogens is 408 g/mol. The van der Waals surface area contributed by atoms with Crippen LogP contribution >= 0.6 is 11.3 Å². The number of benzene rings is 2. The number of fused-ring (bicyclic) bond motifs is 1. The maximum Gasteiger partial charge on any atom is 0.273 e. The van der Waals surface area contributed by atoms with Gasteiger partial charge >= 0.3 is 0 Å². The molecule has 0 saturated carbocycles. The maximum atomic E-state index is 12.9. The zero-order chi connectivity index (χ0) is 21.3. The first kappa shape index (κ1) is 19.4. The van der Waals surface area contributed by atoms with Gasteiger partial charge in [0.05, 0.1) is 30.5 Å². The molecule has 2 aromatic carbocycles. The van der Waals surface area contributed by atoms with Gasteiger partial charge in [-0.15, -0.1) is 11.3 Å². The van der Waals surface area contributed by atoms with Crippen LogP contribution in [-0.2, 0) is 0 Å². The van der Waals surface area contributed by atoms with Crippen molar-refractivity contribution in [2.75, 3.05) is 19.5 Å². The molecule has 0 bridgehead atoms. The quantitative estimate of drug-likeness (QED) is 0.366. The van der Waals surface area contributed by atoms with Crippen LogP contribution in [0.5, 0.6) is 11.5 Å². The molecule has 2 heterocycles. The molecule has 152 valence electrons. The molecule has 0 unspecified atom stereocenters. The maximum absolute atomic E-state index is 12.9. The van der Waals surface area contributed by atoms with E-state index in [0.717, 1.165) is 11.3 Å². The summed E-state index contributed by atoms with van der Waals surface area (Å²) >= 11 is 1.32. The third kappa shape index (κ3) is 3.55. The summed E-state index contributed by atoms with van der Waals surface area (Å²) in [7, 11) is 3.03. The van der Waals surface area contributed by atoms with Crippen LogP contribution in [-0.4, -0.2) is 34.4 Å². The number of methoxy groups -OCH3 is 2. The monoisotopic (exact) mass is 424 g/mol. The van der Waals surface area contributed by atoms with E-state index in [9.17, 15) is 14.9 Å². The summed E-state index contributed by atoms with van der Waals surface area (Å²) in [4.78, 5) is 28.6. The Morgan fingerprint density at radius 3 is 2.60 bits per heavy atom. The number of nitro groups is 1. The molecule has 9 nitrogen and oxygen atoms in total. The first-order valence-corrected chi connectivity index (χ1v) is 9.63. The predicted molar refractivity (Wildman–Crippen MR) is 113 cm³/mol. The Morgan fingerprint density at radius 2 is 1.93 bits per heavy atom. The molecule has 0 aliphatic carbocycles. The van der Waals surface area contributed by atoms with E-state index >= 15 is 0 Å². The number of hydrogen-bond acceptors (Lipinski definition) is 7. The number of hydrogen-bond donors (Lipinski definition) is 1. The van der Waals surface area contributed by atoms with E-state index in [1.165, 1.54) is 36.6 Å². The number of thiazole rings is 1. The minimum Gasteiger partial charge on any atom is -0.497 e. The Bertz CT molecular complexity index is 1250. The zero-order valence-corrected chi connectivity index (χ0v) is 16.8. The highest BCUT2D eigenvalue weighted by atomic mass is 32.1. The highest BCUT2D eigenvalue weighted by Crippen LogP contribution is 2.30. The lowest BCUT2D eigenvalue weighted by Crippen LogP contribution is -2.14. The number of nitrogens with zero attached hydrogens (tertiary/aromatic N) is 3. The van der Waals surface area contributed by atoms with E-state index in [2.05, 4.69) is 10.3 Å². The van der Waals surface area contributed by atoms with E-state index in [-0.39, 0.29) is 11.4 Å². The summed E-state index contributed by atoms with van der Waals surface area (Å²) in [6, 6.07) is 11.5. The third-order valence-electron chi connectivity index (χ3n) is 4.47. The number of carbonyl (C=O) groups is 1. The number of non-ortho nitro benzene ring substituents is 1. The largest absolute Gasteiger partial charge is 0.497 e. The molecule has 0 radical (unpaired) electrons. The van der Waals surface area contributed by atoms with Gasteiger partial charge in [-0.1, -0.05) is 0 Å². The van der Waals surface area contributed by atoms with Crippen molar-refractivity contribution in [3.8, 4) is 22.8 Å². The van der Waals surface area contributed by atoms with Crippen LogP contribution in [0.15, 0.2) is 54.0 Å². The second kappa shape index (κ2) is 7.84. The highest BCUT2D eigenvalue weighted by molar-refractivity contribution is 7.15. The third-order valence-corrected chi connectivity index (χ3v) is 5.31. The molecule has 0 aliphatic heterocycles. The average molecular weight is 424 g/mol. The molecule has 1 amide bonds. The number of aromatic nitrogens is 2. The van der Waals surface area contributed by atoms with Gasteiger partial charge in [-0.25, -0.2) is 4.98 Å². The topological polar surface area (TPSA) is 108 Å². The van der Waals surface area contributed by atoms with Gasteiger partial charge in [-0.2, -0.15) is 0 Å². The number of imidazole rings is 1. The number of ether oxygens (including phenoxy) is 2. The Balaban J connectivity index is 1.65.